The number of benzene rings is 1. The highest BCUT2D eigenvalue weighted by molar-refractivity contribution is 5.99. The summed E-state index contributed by atoms with van der Waals surface area (Å²) in [6.07, 6.45) is 2.43. The maximum absolute atomic E-state index is 13.0. The van der Waals surface area contributed by atoms with Crippen LogP contribution in [-0.4, -0.2) is 61.9 Å². The summed E-state index contributed by atoms with van der Waals surface area (Å²) in [5, 5.41) is 9.20. The van der Waals surface area contributed by atoms with Gasteiger partial charge in [-0.1, -0.05) is 19.1 Å². The lowest BCUT2D eigenvalue weighted by Crippen LogP contribution is -2.40. The molecule has 0 aliphatic carbocycles. The highest BCUT2D eigenvalue weighted by Gasteiger charge is 2.26. The molecule has 1 N–H and O–H groups in total. The standard InChI is InChI=1S/C20H27NO6/c1-4-26-10-6-9-21(12-14(2)20(23)24)19(22)16-11-15-7-5-8-17(25-3)18(15)27-13-16/h5,7-8,11,14H,4,6,9-10,12-13H2,1-3H3,(H,23,24). The molecule has 0 saturated carbocycles. The highest BCUT2D eigenvalue weighted by atomic mass is 16.5. The minimum Gasteiger partial charge on any atom is -0.493 e. The van der Waals surface area contributed by atoms with Gasteiger partial charge in [-0.05, 0) is 25.5 Å². The van der Waals surface area contributed by atoms with Crippen molar-refractivity contribution in [2.24, 2.45) is 5.92 Å². The van der Waals surface area contributed by atoms with Gasteiger partial charge < -0.3 is 24.2 Å². The van der Waals surface area contributed by atoms with E-state index in [1.54, 1.807) is 31.1 Å². The van der Waals surface area contributed by atoms with Crippen molar-refractivity contribution in [2.75, 3.05) is 40.0 Å². The Morgan fingerprint density at radius 1 is 1.37 bits per heavy atom. The molecule has 1 heterocycles. The van der Waals surface area contributed by atoms with Crippen LogP contribution in [0, 0.1) is 5.92 Å². The second-order valence-corrected chi connectivity index (χ2v) is 6.38. The second kappa shape index (κ2) is 9.97. The van der Waals surface area contributed by atoms with Crippen LogP contribution in [-0.2, 0) is 14.3 Å². The lowest BCUT2D eigenvalue weighted by molar-refractivity contribution is -0.142. The third-order valence-corrected chi connectivity index (χ3v) is 4.33. The van der Waals surface area contributed by atoms with E-state index in [1.807, 2.05) is 19.1 Å². The Kier molecular flexibility index (Phi) is 7.67. The lowest BCUT2D eigenvalue weighted by atomic mass is 10.0. The maximum atomic E-state index is 13.0. The number of rotatable bonds is 10. The number of carbonyl (C=O) groups excluding carboxylic acids is 1. The molecule has 0 aromatic heterocycles. The summed E-state index contributed by atoms with van der Waals surface area (Å²) in [6.45, 7) is 5.33. The van der Waals surface area contributed by atoms with Crippen LogP contribution >= 0.6 is 0 Å². The number of fused-ring (bicyclic) bond motifs is 1. The molecule has 1 aliphatic heterocycles. The number of nitrogens with zero attached hydrogens (tertiary/aromatic N) is 1. The summed E-state index contributed by atoms with van der Waals surface area (Å²) in [4.78, 5) is 25.8. The molecule has 1 unspecified atom stereocenters. The van der Waals surface area contributed by atoms with Gasteiger partial charge in [0.1, 0.15) is 6.61 Å². The Hall–Kier alpha value is -2.54. The quantitative estimate of drug-likeness (QED) is 0.631. The third-order valence-electron chi connectivity index (χ3n) is 4.33. The predicted octanol–water partition coefficient (Wildman–Crippen LogP) is 2.45. The summed E-state index contributed by atoms with van der Waals surface area (Å²) in [5.74, 6) is -0.574. The molecule has 0 bridgehead atoms. The summed E-state index contributed by atoms with van der Waals surface area (Å²) in [6, 6.07) is 5.48. The molecule has 1 aliphatic rings. The fraction of sp³-hybridized carbons (Fsp3) is 0.500. The lowest BCUT2D eigenvalue weighted by Gasteiger charge is -2.27. The van der Waals surface area contributed by atoms with E-state index < -0.39 is 11.9 Å². The van der Waals surface area contributed by atoms with Crippen molar-refractivity contribution in [3.8, 4) is 11.5 Å². The zero-order chi connectivity index (χ0) is 19.8. The van der Waals surface area contributed by atoms with Gasteiger partial charge in [0.15, 0.2) is 11.5 Å². The van der Waals surface area contributed by atoms with E-state index in [0.717, 1.165) is 5.56 Å². The number of carboxylic acids is 1. The van der Waals surface area contributed by atoms with Crippen LogP contribution in [0.25, 0.3) is 6.08 Å². The molecule has 1 aromatic carbocycles. The first kappa shape index (κ1) is 20.8. The van der Waals surface area contributed by atoms with Crippen molar-refractivity contribution in [1.29, 1.82) is 0 Å². The van der Waals surface area contributed by atoms with Gasteiger partial charge in [-0.15, -0.1) is 0 Å². The molecule has 1 aromatic rings. The summed E-state index contributed by atoms with van der Waals surface area (Å²) in [7, 11) is 1.57. The van der Waals surface area contributed by atoms with Gasteiger partial charge in [-0.2, -0.15) is 0 Å². The number of hydrogen-bond acceptors (Lipinski definition) is 5. The molecule has 0 radical (unpaired) electrons. The van der Waals surface area contributed by atoms with Crippen LogP contribution in [0.5, 0.6) is 11.5 Å². The van der Waals surface area contributed by atoms with Gasteiger partial charge in [0.25, 0.3) is 5.91 Å². The predicted molar refractivity (Wildman–Crippen MR) is 101 cm³/mol. The third kappa shape index (κ3) is 5.47. The number of methoxy groups -OCH3 is 1. The minimum absolute atomic E-state index is 0.121. The van der Waals surface area contributed by atoms with Crippen LogP contribution in [0.1, 0.15) is 25.8 Å². The molecule has 7 heteroatoms. The number of carboxylic acid groups (broad SMARTS) is 1. The van der Waals surface area contributed by atoms with E-state index in [-0.39, 0.29) is 19.1 Å². The molecule has 7 nitrogen and oxygen atoms in total. The maximum Gasteiger partial charge on any atom is 0.308 e. The molecule has 27 heavy (non-hydrogen) atoms. The van der Waals surface area contributed by atoms with Crippen molar-refractivity contribution < 1.29 is 28.9 Å². The molecule has 148 valence electrons. The zero-order valence-corrected chi connectivity index (χ0v) is 16.1. The van der Waals surface area contributed by atoms with E-state index >= 15 is 0 Å². The number of ether oxygens (including phenoxy) is 3. The topological polar surface area (TPSA) is 85.3 Å². The normalized spacial score (nSPS) is 13.8. The average molecular weight is 377 g/mol. The largest absolute Gasteiger partial charge is 0.493 e. The molecule has 0 saturated heterocycles. The van der Waals surface area contributed by atoms with Crippen molar-refractivity contribution in [3.05, 3.63) is 29.3 Å². The van der Waals surface area contributed by atoms with Crippen LogP contribution in [0.3, 0.4) is 0 Å². The number of hydrogen-bond donors (Lipinski definition) is 1. The van der Waals surface area contributed by atoms with Gasteiger partial charge >= 0.3 is 5.97 Å². The van der Waals surface area contributed by atoms with Crippen molar-refractivity contribution >= 4 is 18.0 Å². The number of carbonyl (C=O) groups is 2. The SMILES string of the molecule is CCOCCCN(CC(C)C(=O)O)C(=O)C1=Cc2cccc(OC)c2OC1. The Balaban J connectivity index is 2.17. The van der Waals surface area contributed by atoms with E-state index in [4.69, 9.17) is 14.2 Å². The summed E-state index contributed by atoms with van der Waals surface area (Å²) < 4.78 is 16.4. The van der Waals surface area contributed by atoms with Crippen LogP contribution in [0.15, 0.2) is 23.8 Å². The monoisotopic (exact) mass is 377 g/mol. The Bertz CT molecular complexity index is 700. The molecule has 1 amide bonds. The van der Waals surface area contributed by atoms with Crippen LogP contribution < -0.4 is 9.47 Å². The van der Waals surface area contributed by atoms with E-state index in [9.17, 15) is 14.7 Å². The smallest absolute Gasteiger partial charge is 0.308 e. The van der Waals surface area contributed by atoms with Crippen LogP contribution in [0.2, 0.25) is 0 Å². The molecular weight excluding hydrogens is 350 g/mol. The average Bonchev–Trinajstić information content (AvgIpc) is 2.68. The first-order chi connectivity index (χ1) is 13.0. The number of amides is 1. The number of aliphatic carboxylic acids is 1. The van der Waals surface area contributed by atoms with Crippen molar-refractivity contribution in [2.45, 2.75) is 20.3 Å². The molecule has 2 rings (SSSR count). The molecule has 0 fully saturated rings. The fourth-order valence-electron chi connectivity index (χ4n) is 2.85. The summed E-state index contributed by atoms with van der Waals surface area (Å²) >= 11 is 0. The van der Waals surface area contributed by atoms with Crippen molar-refractivity contribution in [1.82, 2.24) is 4.90 Å². The summed E-state index contributed by atoms with van der Waals surface area (Å²) in [5.41, 5.74) is 1.26. The molecular formula is C20H27NO6. The van der Waals surface area contributed by atoms with Crippen LogP contribution in [0.4, 0.5) is 0 Å². The Morgan fingerprint density at radius 3 is 2.81 bits per heavy atom. The molecule has 0 spiro atoms. The minimum atomic E-state index is -0.929. The van der Waals surface area contributed by atoms with Crippen molar-refractivity contribution in [3.63, 3.8) is 0 Å². The zero-order valence-electron chi connectivity index (χ0n) is 16.1. The van der Waals surface area contributed by atoms with Gasteiger partial charge in [0.05, 0.1) is 18.6 Å². The van der Waals surface area contributed by atoms with Gasteiger partial charge in [-0.25, -0.2) is 0 Å². The van der Waals surface area contributed by atoms with E-state index in [1.165, 1.54) is 0 Å². The first-order valence-electron chi connectivity index (χ1n) is 9.08. The number of para-hydroxylation sites is 1. The van der Waals surface area contributed by atoms with E-state index in [0.29, 0.717) is 43.3 Å². The van der Waals surface area contributed by atoms with E-state index in [2.05, 4.69) is 0 Å². The van der Waals surface area contributed by atoms with Gasteiger partial charge in [0.2, 0.25) is 0 Å². The highest BCUT2D eigenvalue weighted by Crippen LogP contribution is 2.35. The molecule has 1 atom stereocenters. The Morgan fingerprint density at radius 2 is 2.15 bits per heavy atom. The fourth-order valence-corrected chi connectivity index (χ4v) is 2.85. The Labute approximate surface area is 159 Å². The first-order valence-corrected chi connectivity index (χ1v) is 9.08. The van der Waals surface area contributed by atoms with Gasteiger partial charge in [0, 0.05) is 31.9 Å². The van der Waals surface area contributed by atoms with Gasteiger partial charge in [-0.3, -0.25) is 9.59 Å². The second-order valence-electron chi connectivity index (χ2n) is 6.38.